The van der Waals surface area contributed by atoms with E-state index in [4.69, 9.17) is 14.6 Å². The molecule has 2 aromatic rings. The number of methoxy groups -OCH3 is 1. The van der Waals surface area contributed by atoms with Gasteiger partial charge in [0.25, 0.3) is 0 Å². The SMILES string of the molecule is COc1cccc(COc2ccccc2C#CCO)n1. The van der Waals surface area contributed by atoms with E-state index < -0.39 is 0 Å². The van der Waals surface area contributed by atoms with Crippen LogP contribution < -0.4 is 9.47 Å². The zero-order chi connectivity index (χ0) is 14.2. The number of aliphatic hydroxyl groups is 1. The van der Waals surface area contributed by atoms with Crippen molar-refractivity contribution in [1.29, 1.82) is 0 Å². The van der Waals surface area contributed by atoms with Gasteiger partial charge >= 0.3 is 0 Å². The van der Waals surface area contributed by atoms with Crippen LogP contribution in [-0.4, -0.2) is 23.8 Å². The smallest absolute Gasteiger partial charge is 0.213 e. The molecule has 2 rings (SSSR count). The third kappa shape index (κ3) is 3.74. The largest absolute Gasteiger partial charge is 0.486 e. The monoisotopic (exact) mass is 269 g/mol. The van der Waals surface area contributed by atoms with Gasteiger partial charge in [0.15, 0.2) is 0 Å². The molecule has 0 aliphatic carbocycles. The number of rotatable bonds is 4. The Morgan fingerprint density at radius 1 is 1.15 bits per heavy atom. The average Bonchev–Trinajstić information content (AvgIpc) is 2.52. The Bertz CT molecular complexity index is 629. The molecule has 0 unspecified atom stereocenters. The molecule has 4 heteroatoms. The Labute approximate surface area is 118 Å². The number of pyridine rings is 1. The Morgan fingerprint density at radius 2 is 2.00 bits per heavy atom. The molecule has 1 aromatic heterocycles. The molecule has 1 heterocycles. The van der Waals surface area contributed by atoms with Gasteiger partial charge in [-0.2, -0.15) is 0 Å². The molecule has 20 heavy (non-hydrogen) atoms. The molecule has 4 nitrogen and oxygen atoms in total. The minimum absolute atomic E-state index is 0.175. The quantitative estimate of drug-likeness (QED) is 0.863. The lowest BCUT2D eigenvalue weighted by Gasteiger charge is -2.08. The highest BCUT2D eigenvalue weighted by molar-refractivity contribution is 5.45. The Morgan fingerprint density at radius 3 is 2.80 bits per heavy atom. The Balaban J connectivity index is 2.10. The standard InChI is InChI=1S/C16H15NO3/c1-19-16-10-4-8-14(17-16)12-20-15-9-3-2-6-13(15)7-5-11-18/h2-4,6,8-10,18H,11-12H2,1H3. The third-order valence-corrected chi connectivity index (χ3v) is 2.56. The van der Waals surface area contributed by atoms with Crippen LogP contribution in [0, 0.1) is 11.8 Å². The summed E-state index contributed by atoms with van der Waals surface area (Å²) in [6.45, 7) is 0.154. The number of aliphatic hydroxyl groups excluding tert-OH is 1. The highest BCUT2D eigenvalue weighted by Crippen LogP contribution is 2.18. The van der Waals surface area contributed by atoms with E-state index in [0.717, 1.165) is 11.3 Å². The molecule has 0 aliphatic rings. The number of hydrogen-bond donors (Lipinski definition) is 1. The van der Waals surface area contributed by atoms with Gasteiger partial charge in [-0.3, -0.25) is 0 Å². The maximum Gasteiger partial charge on any atom is 0.213 e. The van der Waals surface area contributed by atoms with Crippen LogP contribution in [0.1, 0.15) is 11.3 Å². The molecule has 1 N–H and O–H groups in total. The fraction of sp³-hybridized carbons (Fsp3) is 0.188. The van der Waals surface area contributed by atoms with Crippen molar-refractivity contribution in [2.75, 3.05) is 13.7 Å². The summed E-state index contributed by atoms with van der Waals surface area (Å²) in [5.41, 5.74) is 1.51. The summed E-state index contributed by atoms with van der Waals surface area (Å²) in [5, 5.41) is 8.75. The van der Waals surface area contributed by atoms with E-state index in [9.17, 15) is 0 Å². The van der Waals surface area contributed by atoms with Crippen molar-refractivity contribution >= 4 is 0 Å². The van der Waals surface area contributed by atoms with Gasteiger partial charge in [-0.1, -0.05) is 30.0 Å². The molecule has 0 saturated heterocycles. The summed E-state index contributed by atoms with van der Waals surface area (Å²) in [7, 11) is 1.58. The maximum absolute atomic E-state index is 8.75. The molecule has 1 aromatic carbocycles. The van der Waals surface area contributed by atoms with E-state index >= 15 is 0 Å². The zero-order valence-electron chi connectivity index (χ0n) is 11.2. The normalized spacial score (nSPS) is 9.50. The molecule has 102 valence electrons. The highest BCUT2D eigenvalue weighted by atomic mass is 16.5. The first-order valence-electron chi connectivity index (χ1n) is 6.15. The predicted molar refractivity (Wildman–Crippen MR) is 75.5 cm³/mol. The summed E-state index contributed by atoms with van der Waals surface area (Å²) < 4.78 is 10.8. The summed E-state index contributed by atoms with van der Waals surface area (Å²) in [4.78, 5) is 4.27. The van der Waals surface area contributed by atoms with Crippen LogP contribution in [0.15, 0.2) is 42.5 Å². The number of nitrogens with zero attached hydrogens (tertiary/aromatic N) is 1. The van der Waals surface area contributed by atoms with Crippen molar-refractivity contribution in [1.82, 2.24) is 4.98 Å². The van der Waals surface area contributed by atoms with E-state index in [-0.39, 0.29) is 6.61 Å². The maximum atomic E-state index is 8.75. The summed E-state index contributed by atoms with van der Waals surface area (Å²) in [5.74, 6) is 6.68. The first-order chi connectivity index (χ1) is 9.83. The van der Waals surface area contributed by atoms with E-state index in [1.54, 1.807) is 13.2 Å². The lowest BCUT2D eigenvalue weighted by molar-refractivity contribution is 0.297. The predicted octanol–water partition coefficient (Wildman–Crippen LogP) is 2.01. The van der Waals surface area contributed by atoms with E-state index in [1.807, 2.05) is 36.4 Å². The molecular formula is C16H15NO3. The van der Waals surface area contributed by atoms with Crippen molar-refractivity contribution in [3.05, 3.63) is 53.7 Å². The van der Waals surface area contributed by atoms with Gasteiger partial charge < -0.3 is 14.6 Å². The zero-order valence-corrected chi connectivity index (χ0v) is 11.2. The van der Waals surface area contributed by atoms with E-state index in [1.165, 1.54) is 0 Å². The van der Waals surface area contributed by atoms with Crippen LogP contribution >= 0.6 is 0 Å². The number of benzene rings is 1. The van der Waals surface area contributed by atoms with Crippen molar-refractivity contribution in [2.24, 2.45) is 0 Å². The Kier molecular flexibility index (Phi) is 4.99. The molecule has 0 spiro atoms. The number of para-hydroxylation sites is 1. The third-order valence-electron chi connectivity index (χ3n) is 2.56. The van der Waals surface area contributed by atoms with E-state index in [2.05, 4.69) is 16.8 Å². The van der Waals surface area contributed by atoms with Crippen LogP contribution in [0.3, 0.4) is 0 Å². The van der Waals surface area contributed by atoms with Crippen molar-refractivity contribution in [3.63, 3.8) is 0 Å². The van der Waals surface area contributed by atoms with Crippen LogP contribution in [0.4, 0.5) is 0 Å². The molecular weight excluding hydrogens is 254 g/mol. The molecule has 0 fully saturated rings. The van der Waals surface area contributed by atoms with Gasteiger partial charge in [-0.05, 0) is 18.2 Å². The van der Waals surface area contributed by atoms with Gasteiger partial charge in [0.05, 0.1) is 18.4 Å². The van der Waals surface area contributed by atoms with Crippen LogP contribution in [-0.2, 0) is 6.61 Å². The first-order valence-corrected chi connectivity index (χ1v) is 6.15. The van der Waals surface area contributed by atoms with Gasteiger partial charge in [0.2, 0.25) is 5.88 Å². The first kappa shape index (κ1) is 13.9. The Hall–Kier alpha value is -2.51. The lowest BCUT2D eigenvalue weighted by atomic mass is 10.2. The summed E-state index contributed by atoms with van der Waals surface area (Å²) >= 11 is 0. The van der Waals surface area contributed by atoms with Crippen molar-refractivity contribution < 1.29 is 14.6 Å². The lowest BCUT2D eigenvalue weighted by Crippen LogP contribution is -2.00. The molecule has 0 amide bonds. The van der Waals surface area contributed by atoms with Gasteiger partial charge in [-0.15, -0.1) is 0 Å². The summed E-state index contributed by atoms with van der Waals surface area (Å²) in [6, 6.07) is 12.9. The van der Waals surface area contributed by atoms with Gasteiger partial charge in [0.1, 0.15) is 19.0 Å². The number of aromatic nitrogens is 1. The number of ether oxygens (including phenoxy) is 2. The van der Waals surface area contributed by atoms with Crippen molar-refractivity contribution in [2.45, 2.75) is 6.61 Å². The van der Waals surface area contributed by atoms with Gasteiger partial charge in [0, 0.05) is 6.07 Å². The van der Waals surface area contributed by atoms with Crippen LogP contribution in [0.5, 0.6) is 11.6 Å². The molecule has 0 atom stereocenters. The molecule has 0 aliphatic heterocycles. The molecule has 0 saturated carbocycles. The minimum atomic E-state index is -0.175. The summed E-state index contributed by atoms with van der Waals surface area (Å²) in [6.07, 6.45) is 0. The second-order valence-electron chi connectivity index (χ2n) is 3.92. The fourth-order valence-corrected chi connectivity index (χ4v) is 1.63. The minimum Gasteiger partial charge on any atom is -0.486 e. The van der Waals surface area contributed by atoms with Gasteiger partial charge in [-0.25, -0.2) is 4.98 Å². The molecule has 0 bridgehead atoms. The number of hydrogen-bond acceptors (Lipinski definition) is 4. The van der Waals surface area contributed by atoms with E-state index in [0.29, 0.717) is 18.2 Å². The van der Waals surface area contributed by atoms with Crippen molar-refractivity contribution in [3.8, 4) is 23.5 Å². The van der Waals surface area contributed by atoms with Crippen LogP contribution in [0.2, 0.25) is 0 Å². The average molecular weight is 269 g/mol. The van der Waals surface area contributed by atoms with Crippen LogP contribution in [0.25, 0.3) is 0 Å². The molecule has 0 radical (unpaired) electrons. The fourth-order valence-electron chi connectivity index (χ4n) is 1.63. The second-order valence-corrected chi connectivity index (χ2v) is 3.92. The highest BCUT2D eigenvalue weighted by Gasteiger charge is 2.02. The topological polar surface area (TPSA) is 51.6 Å². The second kappa shape index (κ2) is 7.17.